The minimum absolute atomic E-state index is 0.645. The highest BCUT2D eigenvalue weighted by Crippen LogP contribution is 2.45. The number of benzene rings is 4. The summed E-state index contributed by atoms with van der Waals surface area (Å²) in [5.41, 5.74) is 4.09. The van der Waals surface area contributed by atoms with Crippen molar-refractivity contribution in [3.63, 3.8) is 0 Å². The molecule has 4 aromatic carbocycles. The van der Waals surface area contributed by atoms with Gasteiger partial charge in [-0.2, -0.15) is 0 Å². The zero-order chi connectivity index (χ0) is 19.7. The molecule has 6 aromatic rings. The van der Waals surface area contributed by atoms with Crippen LogP contribution in [0, 0.1) is 0 Å². The quantitative estimate of drug-likeness (QED) is 0.324. The van der Waals surface area contributed by atoms with Gasteiger partial charge in [-0.1, -0.05) is 66.7 Å². The maximum absolute atomic E-state index is 6.16. The van der Waals surface area contributed by atoms with E-state index in [-0.39, 0.29) is 0 Å². The van der Waals surface area contributed by atoms with E-state index in [0.717, 1.165) is 38.8 Å². The van der Waals surface area contributed by atoms with Gasteiger partial charge in [-0.3, -0.25) is 4.57 Å². The van der Waals surface area contributed by atoms with Gasteiger partial charge in [0, 0.05) is 21.7 Å². The SMILES string of the molecule is c1cc2c3c(cccc3c1)-c1nc(-n3c4ccccc4c4ccccc43)ncc1O2. The third-order valence-electron chi connectivity index (χ3n) is 5.86. The van der Waals surface area contributed by atoms with E-state index in [1.54, 1.807) is 6.20 Å². The number of para-hydroxylation sites is 2. The molecule has 1 aliphatic rings. The molecule has 0 unspecified atom stereocenters. The van der Waals surface area contributed by atoms with Gasteiger partial charge in [0.15, 0.2) is 5.75 Å². The Morgan fingerprint density at radius 1 is 0.667 bits per heavy atom. The number of fused-ring (bicyclic) bond motifs is 5. The van der Waals surface area contributed by atoms with Gasteiger partial charge in [0.1, 0.15) is 11.4 Å². The lowest BCUT2D eigenvalue weighted by molar-refractivity contribution is 0.481. The van der Waals surface area contributed by atoms with Crippen LogP contribution in [0.3, 0.4) is 0 Å². The summed E-state index contributed by atoms with van der Waals surface area (Å²) < 4.78 is 8.29. The first kappa shape index (κ1) is 15.7. The molecule has 7 rings (SSSR count). The molecule has 0 atom stereocenters. The van der Waals surface area contributed by atoms with E-state index in [9.17, 15) is 0 Å². The van der Waals surface area contributed by atoms with Crippen LogP contribution in [0.15, 0.2) is 91.1 Å². The van der Waals surface area contributed by atoms with Crippen molar-refractivity contribution in [1.29, 1.82) is 0 Å². The smallest absolute Gasteiger partial charge is 0.235 e. The number of hydrogen-bond acceptors (Lipinski definition) is 3. The van der Waals surface area contributed by atoms with Crippen molar-refractivity contribution in [2.24, 2.45) is 0 Å². The van der Waals surface area contributed by atoms with E-state index in [0.29, 0.717) is 11.7 Å². The van der Waals surface area contributed by atoms with Crippen molar-refractivity contribution in [2.45, 2.75) is 0 Å². The standard InChI is InChI=1S/C26H15N3O/c1-3-12-20-17(9-1)18-10-2-4-13-21(18)29(20)26-27-15-23-25(28-26)19-11-5-7-16-8-6-14-22(30-23)24(16)19/h1-15H. The summed E-state index contributed by atoms with van der Waals surface area (Å²) in [7, 11) is 0. The lowest BCUT2D eigenvalue weighted by Gasteiger charge is -2.20. The van der Waals surface area contributed by atoms with E-state index in [1.807, 2.05) is 12.1 Å². The third-order valence-corrected chi connectivity index (χ3v) is 5.86. The zero-order valence-electron chi connectivity index (χ0n) is 15.9. The Hall–Kier alpha value is -4.18. The number of hydrogen-bond donors (Lipinski definition) is 0. The molecule has 1 aliphatic heterocycles. The topological polar surface area (TPSA) is 39.9 Å². The van der Waals surface area contributed by atoms with Crippen molar-refractivity contribution < 1.29 is 4.74 Å². The van der Waals surface area contributed by atoms with Crippen molar-refractivity contribution >= 4 is 32.6 Å². The molecule has 0 saturated carbocycles. The van der Waals surface area contributed by atoms with Crippen LogP contribution in [0.25, 0.3) is 49.8 Å². The van der Waals surface area contributed by atoms with Crippen molar-refractivity contribution in [1.82, 2.24) is 14.5 Å². The summed E-state index contributed by atoms with van der Waals surface area (Å²) in [5.74, 6) is 2.18. The molecule has 140 valence electrons. The highest BCUT2D eigenvalue weighted by atomic mass is 16.5. The molecule has 0 saturated heterocycles. The van der Waals surface area contributed by atoms with Crippen LogP contribution in [0.5, 0.6) is 11.5 Å². The molecule has 0 N–H and O–H groups in total. The van der Waals surface area contributed by atoms with Crippen LogP contribution in [0.2, 0.25) is 0 Å². The van der Waals surface area contributed by atoms with Gasteiger partial charge in [-0.05, 0) is 23.6 Å². The Morgan fingerprint density at radius 3 is 2.13 bits per heavy atom. The van der Waals surface area contributed by atoms with E-state index in [1.165, 1.54) is 10.8 Å². The Kier molecular flexibility index (Phi) is 2.97. The van der Waals surface area contributed by atoms with Gasteiger partial charge >= 0.3 is 0 Å². The van der Waals surface area contributed by atoms with Gasteiger partial charge in [0.25, 0.3) is 0 Å². The largest absolute Gasteiger partial charge is 0.453 e. The highest BCUT2D eigenvalue weighted by Gasteiger charge is 2.23. The third kappa shape index (κ3) is 2.00. The highest BCUT2D eigenvalue weighted by molar-refractivity contribution is 6.09. The maximum atomic E-state index is 6.16. The fourth-order valence-corrected chi connectivity index (χ4v) is 4.58. The van der Waals surface area contributed by atoms with Crippen LogP contribution in [-0.4, -0.2) is 14.5 Å². The molecule has 0 aliphatic carbocycles. The molecule has 2 aromatic heterocycles. The molecule has 0 fully saturated rings. The van der Waals surface area contributed by atoms with Gasteiger partial charge < -0.3 is 4.74 Å². The molecule has 30 heavy (non-hydrogen) atoms. The maximum Gasteiger partial charge on any atom is 0.235 e. The summed E-state index contributed by atoms with van der Waals surface area (Å²) in [6.45, 7) is 0. The molecule has 0 amide bonds. The first-order valence-corrected chi connectivity index (χ1v) is 9.94. The lowest BCUT2D eigenvalue weighted by atomic mass is 9.99. The predicted octanol–water partition coefficient (Wildman–Crippen LogP) is 6.50. The minimum Gasteiger partial charge on any atom is -0.453 e. The second kappa shape index (κ2) is 5.67. The fraction of sp³-hybridized carbons (Fsp3) is 0. The Bertz CT molecular complexity index is 1570. The fourth-order valence-electron chi connectivity index (χ4n) is 4.58. The normalized spacial score (nSPS) is 12.3. The Balaban J connectivity index is 1.56. The molecule has 4 nitrogen and oxygen atoms in total. The molecule has 0 radical (unpaired) electrons. The first-order chi connectivity index (χ1) is 14.9. The minimum atomic E-state index is 0.645. The Morgan fingerprint density at radius 2 is 1.37 bits per heavy atom. The van der Waals surface area contributed by atoms with Crippen LogP contribution in [0.1, 0.15) is 0 Å². The summed E-state index contributed by atoms with van der Waals surface area (Å²) >= 11 is 0. The summed E-state index contributed by atoms with van der Waals surface area (Å²) in [5, 5.41) is 4.63. The number of rotatable bonds is 1. The predicted molar refractivity (Wildman–Crippen MR) is 119 cm³/mol. The monoisotopic (exact) mass is 385 g/mol. The van der Waals surface area contributed by atoms with Crippen LogP contribution < -0.4 is 4.74 Å². The molecule has 0 bridgehead atoms. The molecular formula is C26H15N3O. The van der Waals surface area contributed by atoms with E-state index in [4.69, 9.17) is 14.7 Å². The van der Waals surface area contributed by atoms with E-state index >= 15 is 0 Å². The number of nitrogens with zero attached hydrogens (tertiary/aromatic N) is 3. The molecular weight excluding hydrogens is 370 g/mol. The van der Waals surface area contributed by atoms with E-state index < -0.39 is 0 Å². The van der Waals surface area contributed by atoms with Crippen LogP contribution >= 0.6 is 0 Å². The summed E-state index contributed by atoms with van der Waals surface area (Å²) in [4.78, 5) is 9.71. The van der Waals surface area contributed by atoms with Gasteiger partial charge in [0.2, 0.25) is 5.95 Å². The van der Waals surface area contributed by atoms with Gasteiger partial charge in [-0.25, -0.2) is 9.97 Å². The molecule has 3 heterocycles. The average molecular weight is 385 g/mol. The second-order valence-electron chi connectivity index (χ2n) is 7.51. The molecule has 4 heteroatoms. The molecule has 0 spiro atoms. The zero-order valence-corrected chi connectivity index (χ0v) is 15.9. The van der Waals surface area contributed by atoms with Crippen molar-refractivity contribution in [2.75, 3.05) is 0 Å². The van der Waals surface area contributed by atoms with Gasteiger partial charge in [0.05, 0.1) is 17.2 Å². The van der Waals surface area contributed by atoms with Gasteiger partial charge in [-0.15, -0.1) is 0 Å². The summed E-state index contributed by atoms with van der Waals surface area (Å²) in [6.07, 6.45) is 1.79. The second-order valence-corrected chi connectivity index (χ2v) is 7.51. The van der Waals surface area contributed by atoms with Crippen LogP contribution in [0.4, 0.5) is 0 Å². The van der Waals surface area contributed by atoms with E-state index in [2.05, 4.69) is 77.4 Å². The Labute approximate surface area is 172 Å². The number of aromatic nitrogens is 3. The van der Waals surface area contributed by atoms with Crippen molar-refractivity contribution in [3.05, 3.63) is 91.1 Å². The average Bonchev–Trinajstić information content (AvgIpc) is 3.14. The number of ether oxygens (including phenoxy) is 1. The van der Waals surface area contributed by atoms with Crippen molar-refractivity contribution in [3.8, 4) is 28.7 Å². The first-order valence-electron chi connectivity index (χ1n) is 9.94. The van der Waals surface area contributed by atoms with Crippen LogP contribution in [-0.2, 0) is 0 Å². The lowest BCUT2D eigenvalue weighted by Crippen LogP contribution is -2.06. The summed E-state index contributed by atoms with van der Waals surface area (Å²) in [6, 6.07) is 29.2.